The van der Waals surface area contributed by atoms with E-state index in [4.69, 9.17) is 0 Å². The molecule has 1 fully saturated rings. The highest BCUT2D eigenvalue weighted by atomic mass is 16.2. The number of nitrogens with one attached hydrogen (secondary N) is 1. The molecular weight excluding hydrogens is 176 g/mol. The summed E-state index contributed by atoms with van der Waals surface area (Å²) < 4.78 is 0. The minimum absolute atomic E-state index is 0.264. The van der Waals surface area contributed by atoms with Crippen LogP contribution in [0, 0.1) is 5.92 Å². The van der Waals surface area contributed by atoms with E-state index >= 15 is 0 Å². The van der Waals surface area contributed by atoms with Crippen LogP contribution in [-0.4, -0.2) is 29.6 Å². The smallest absolute Gasteiger partial charge is 0.243 e. The summed E-state index contributed by atoms with van der Waals surface area (Å²) in [6.45, 7) is 10.0. The highest BCUT2D eigenvalue weighted by molar-refractivity contribution is 5.87. The Morgan fingerprint density at radius 3 is 2.64 bits per heavy atom. The lowest BCUT2D eigenvalue weighted by Crippen LogP contribution is -2.43. The lowest BCUT2D eigenvalue weighted by atomic mass is 9.99. The number of nitrogens with zero attached hydrogens (tertiary/aromatic N) is 1. The first-order valence-electron chi connectivity index (χ1n) is 5.54. The van der Waals surface area contributed by atoms with Gasteiger partial charge >= 0.3 is 0 Å². The number of hydrogen-bond acceptors (Lipinski definition) is 2. The second kappa shape index (κ2) is 4.30. The summed E-state index contributed by atoms with van der Waals surface area (Å²) in [5.74, 6) is 0.928. The van der Waals surface area contributed by atoms with Crippen LogP contribution in [0.15, 0.2) is 0 Å². The standard InChI is InChI=1S/C11H22N2O/c1-5-11(4)10(14)13(8-12-11)7-6-9(2)3/h9,12H,5-8H2,1-4H3. The molecular formula is C11H22N2O. The molecule has 1 aliphatic rings. The van der Waals surface area contributed by atoms with Gasteiger partial charge in [-0.25, -0.2) is 0 Å². The van der Waals surface area contributed by atoms with Crippen LogP contribution in [0.3, 0.4) is 0 Å². The van der Waals surface area contributed by atoms with Gasteiger partial charge in [0, 0.05) is 6.54 Å². The molecule has 0 bridgehead atoms. The van der Waals surface area contributed by atoms with E-state index in [2.05, 4.69) is 26.1 Å². The van der Waals surface area contributed by atoms with Gasteiger partial charge in [-0.1, -0.05) is 20.8 Å². The second-order valence-electron chi connectivity index (χ2n) is 4.77. The monoisotopic (exact) mass is 198 g/mol. The van der Waals surface area contributed by atoms with E-state index in [0.29, 0.717) is 5.92 Å². The third-order valence-electron chi connectivity index (χ3n) is 3.10. The van der Waals surface area contributed by atoms with Crippen molar-refractivity contribution in [1.82, 2.24) is 10.2 Å². The summed E-state index contributed by atoms with van der Waals surface area (Å²) in [6.07, 6.45) is 1.96. The van der Waals surface area contributed by atoms with Crippen molar-refractivity contribution in [1.29, 1.82) is 0 Å². The van der Waals surface area contributed by atoms with Crippen LogP contribution >= 0.6 is 0 Å². The van der Waals surface area contributed by atoms with E-state index < -0.39 is 0 Å². The number of rotatable bonds is 4. The van der Waals surface area contributed by atoms with Crippen molar-refractivity contribution < 1.29 is 4.79 Å². The Bertz CT molecular complexity index is 215. The molecule has 1 amide bonds. The molecule has 1 N–H and O–H groups in total. The van der Waals surface area contributed by atoms with Crippen molar-refractivity contribution >= 4 is 5.91 Å². The molecule has 1 aliphatic heterocycles. The molecule has 0 aliphatic carbocycles. The Morgan fingerprint density at radius 1 is 1.57 bits per heavy atom. The highest BCUT2D eigenvalue weighted by Gasteiger charge is 2.40. The molecule has 1 heterocycles. The molecule has 14 heavy (non-hydrogen) atoms. The van der Waals surface area contributed by atoms with Crippen LogP contribution in [0.2, 0.25) is 0 Å². The predicted molar refractivity (Wildman–Crippen MR) is 57.9 cm³/mol. The third kappa shape index (κ3) is 2.27. The van der Waals surface area contributed by atoms with Gasteiger partial charge in [-0.3, -0.25) is 10.1 Å². The minimum Gasteiger partial charge on any atom is -0.328 e. The maximum absolute atomic E-state index is 11.9. The zero-order chi connectivity index (χ0) is 10.8. The van der Waals surface area contributed by atoms with E-state index in [-0.39, 0.29) is 11.4 Å². The van der Waals surface area contributed by atoms with Crippen molar-refractivity contribution in [3.63, 3.8) is 0 Å². The average Bonchev–Trinajstić information content (AvgIpc) is 2.42. The summed E-state index contributed by atoms with van der Waals surface area (Å²) in [5, 5.41) is 3.28. The topological polar surface area (TPSA) is 32.3 Å². The van der Waals surface area contributed by atoms with E-state index in [1.54, 1.807) is 0 Å². The average molecular weight is 198 g/mol. The molecule has 0 aromatic heterocycles. The number of hydrogen-bond donors (Lipinski definition) is 1. The van der Waals surface area contributed by atoms with Gasteiger partial charge in [0.15, 0.2) is 0 Å². The number of carbonyl (C=O) groups is 1. The van der Waals surface area contributed by atoms with Gasteiger partial charge in [0.2, 0.25) is 5.91 Å². The quantitative estimate of drug-likeness (QED) is 0.744. The first kappa shape index (κ1) is 11.5. The molecule has 0 radical (unpaired) electrons. The molecule has 82 valence electrons. The summed E-state index contributed by atoms with van der Waals surface area (Å²) in [5.41, 5.74) is -0.309. The fourth-order valence-electron chi connectivity index (χ4n) is 1.64. The van der Waals surface area contributed by atoms with Gasteiger partial charge < -0.3 is 4.90 Å². The summed E-state index contributed by atoms with van der Waals surface area (Å²) in [7, 11) is 0. The SMILES string of the molecule is CCC1(C)NCN(CCC(C)C)C1=O. The normalized spacial score (nSPS) is 27.8. The van der Waals surface area contributed by atoms with Crippen molar-refractivity contribution in [3.05, 3.63) is 0 Å². The van der Waals surface area contributed by atoms with Crippen LogP contribution in [0.1, 0.15) is 40.5 Å². The van der Waals surface area contributed by atoms with E-state index in [9.17, 15) is 4.79 Å². The molecule has 1 saturated heterocycles. The molecule has 0 aromatic rings. The van der Waals surface area contributed by atoms with Gasteiger partial charge in [-0.05, 0) is 25.7 Å². The summed E-state index contributed by atoms with van der Waals surface area (Å²) >= 11 is 0. The van der Waals surface area contributed by atoms with Crippen molar-refractivity contribution in [2.45, 2.75) is 46.1 Å². The van der Waals surface area contributed by atoms with E-state index in [0.717, 1.165) is 26.1 Å². The van der Waals surface area contributed by atoms with E-state index in [1.807, 2.05) is 11.8 Å². The van der Waals surface area contributed by atoms with Crippen molar-refractivity contribution in [2.75, 3.05) is 13.2 Å². The first-order valence-corrected chi connectivity index (χ1v) is 5.54. The molecule has 3 heteroatoms. The van der Waals surface area contributed by atoms with Crippen molar-refractivity contribution in [3.8, 4) is 0 Å². The maximum atomic E-state index is 11.9. The Labute approximate surface area is 86.9 Å². The molecule has 1 atom stereocenters. The molecule has 1 rings (SSSR count). The molecule has 3 nitrogen and oxygen atoms in total. The fraction of sp³-hybridized carbons (Fsp3) is 0.909. The van der Waals surface area contributed by atoms with Gasteiger partial charge in [-0.15, -0.1) is 0 Å². The molecule has 0 aromatic carbocycles. The first-order chi connectivity index (χ1) is 6.49. The molecule has 0 saturated carbocycles. The number of amides is 1. The Morgan fingerprint density at radius 2 is 2.21 bits per heavy atom. The Balaban J connectivity index is 2.48. The third-order valence-corrected chi connectivity index (χ3v) is 3.10. The minimum atomic E-state index is -0.309. The Hall–Kier alpha value is -0.570. The lowest BCUT2D eigenvalue weighted by molar-refractivity contribution is -0.132. The van der Waals surface area contributed by atoms with Crippen LogP contribution in [0.5, 0.6) is 0 Å². The molecule has 0 spiro atoms. The fourth-order valence-corrected chi connectivity index (χ4v) is 1.64. The number of carbonyl (C=O) groups excluding carboxylic acids is 1. The highest BCUT2D eigenvalue weighted by Crippen LogP contribution is 2.19. The predicted octanol–water partition coefficient (Wildman–Crippen LogP) is 1.59. The molecule has 1 unspecified atom stereocenters. The Kier molecular flexibility index (Phi) is 3.53. The lowest BCUT2D eigenvalue weighted by Gasteiger charge is -2.21. The summed E-state index contributed by atoms with van der Waals surface area (Å²) in [4.78, 5) is 13.9. The zero-order valence-corrected chi connectivity index (χ0v) is 9.76. The van der Waals surface area contributed by atoms with Crippen molar-refractivity contribution in [2.24, 2.45) is 5.92 Å². The largest absolute Gasteiger partial charge is 0.328 e. The zero-order valence-electron chi connectivity index (χ0n) is 9.76. The summed E-state index contributed by atoms with van der Waals surface area (Å²) in [6, 6.07) is 0. The van der Waals surface area contributed by atoms with Crippen LogP contribution in [0.4, 0.5) is 0 Å². The van der Waals surface area contributed by atoms with Gasteiger partial charge in [0.05, 0.1) is 12.2 Å². The van der Waals surface area contributed by atoms with Gasteiger partial charge in [0.1, 0.15) is 0 Å². The maximum Gasteiger partial charge on any atom is 0.243 e. The second-order valence-corrected chi connectivity index (χ2v) is 4.77. The van der Waals surface area contributed by atoms with Gasteiger partial charge in [0.25, 0.3) is 0 Å². The van der Waals surface area contributed by atoms with E-state index in [1.165, 1.54) is 0 Å². The van der Waals surface area contributed by atoms with Crippen LogP contribution in [-0.2, 0) is 4.79 Å². The van der Waals surface area contributed by atoms with Crippen LogP contribution in [0.25, 0.3) is 0 Å². The van der Waals surface area contributed by atoms with Crippen LogP contribution < -0.4 is 5.32 Å². The van der Waals surface area contributed by atoms with Gasteiger partial charge in [-0.2, -0.15) is 0 Å².